The number of nitrogens with zero attached hydrogens (tertiary/aromatic N) is 3. The lowest BCUT2D eigenvalue weighted by atomic mass is 10.1. The third kappa shape index (κ3) is 4.03. The van der Waals surface area contributed by atoms with E-state index in [2.05, 4.69) is 39.1 Å². The van der Waals surface area contributed by atoms with Crippen LogP contribution in [0.5, 0.6) is 0 Å². The number of benzene rings is 1. The molecule has 128 valence electrons. The Morgan fingerprint density at radius 1 is 1.29 bits per heavy atom. The van der Waals surface area contributed by atoms with E-state index in [1.54, 1.807) is 0 Å². The number of imidazole rings is 1. The minimum atomic E-state index is 0.240. The van der Waals surface area contributed by atoms with Gasteiger partial charge in [-0.05, 0) is 25.3 Å². The van der Waals surface area contributed by atoms with Gasteiger partial charge in [0.15, 0.2) is 0 Å². The van der Waals surface area contributed by atoms with E-state index in [9.17, 15) is 4.79 Å². The van der Waals surface area contributed by atoms with E-state index in [1.807, 2.05) is 31.1 Å². The number of aryl methyl sites for hydroxylation is 2. The molecular formula is C19H26N4O. The second kappa shape index (κ2) is 7.62. The molecular weight excluding hydrogens is 300 g/mol. The zero-order chi connectivity index (χ0) is 16.9. The number of hydrogen-bond acceptors (Lipinski definition) is 3. The van der Waals surface area contributed by atoms with Gasteiger partial charge in [-0.15, -0.1) is 0 Å². The Morgan fingerprint density at radius 3 is 2.79 bits per heavy atom. The van der Waals surface area contributed by atoms with Gasteiger partial charge in [0.05, 0.1) is 5.69 Å². The van der Waals surface area contributed by atoms with Crippen LogP contribution in [0.3, 0.4) is 0 Å². The summed E-state index contributed by atoms with van der Waals surface area (Å²) in [6.45, 7) is 4.41. The maximum atomic E-state index is 12.2. The van der Waals surface area contributed by atoms with Crippen molar-refractivity contribution in [3.05, 3.63) is 53.6 Å². The molecule has 1 unspecified atom stereocenters. The first-order valence-electron chi connectivity index (χ1n) is 8.66. The molecule has 0 spiro atoms. The molecule has 3 rings (SSSR count). The monoisotopic (exact) mass is 326 g/mol. The normalized spacial score (nSPS) is 17.7. The molecule has 1 aliphatic rings. The Morgan fingerprint density at radius 2 is 2.08 bits per heavy atom. The molecule has 1 aliphatic heterocycles. The summed E-state index contributed by atoms with van der Waals surface area (Å²) in [5.41, 5.74) is 2.49. The van der Waals surface area contributed by atoms with Crippen LogP contribution in [0.2, 0.25) is 0 Å². The number of likely N-dealkylation sites (tertiary alicyclic amines) is 1. The summed E-state index contributed by atoms with van der Waals surface area (Å²) in [6, 6.07) is 10.7. The van der Waals surface area contributed by atoms with Gasteiger partial charge in [0.2, 0.25) is 5.91 Å². The summed E-state index contributed by atoms with van der Waals surface area (Å²) in [7, 11) is 2.02. The van der Waals surface area contributed by atoms with Gasteiger partial charge >= 0.3 is 0 Å². The molecule has 1 saturated heterocycles. The van der Waals surface area contributed by atoms with E-state index >= 15 is 0 Å². The van der Waals surface area contributed by atoms with Crippen LogP contribution in [-0.2, 0) is 24.8 Å². The molecule has 1 N–H and O–H groups in total. The largest absolute Gasteiger partial charge is 0.341 e. The molecule has 1 amide bonds. The van der Waals surface area contributed by atoms with E-state index in [4.69, 9.17) is 0 Å². The van der Waals surface area contributed by atoms with Crippen molar-refractivity contribution >= 4 is 5.91 Å². The van der Waals surface area contributed by atoms with E-state index < -0.39 is 0 Å². The van der Waals surface area contributed by atoms with Crippen molar-refractivity contribution in [3.63, 3.8) is 0 Å². The lowest BCUT2D eigenvalue weighted by Crippen LogP contribution is -2.33. The lowest BCUT2D eigenvalue weighted by Gasteiger charge is -2.17. The zero-order valence-electron chi connectivity index (χ0n) is 14.5. The van der Waals surface area contributed by atoms with Crippen molar-refractivity contribution in [2.45, 2.75) is 38.8 Å². The molecule has 1 aromatic heterocycles. The number of carbonyl (C=O) groups excluding carboxylic acids is 1. The summed E-state index contributed by atoms with van der Waals surface area (Å²) in [6.07, 6.45) is 4.54. The molecule has 1 aromatic carbocycles. The molecule has 0 saturated carbocycles. The Kier molecular flexibility index (Phi) is 5.30. The zero-order valence-corrected chi connectivity index (χ0v) is 14.5. The minimum Gasteiger partial charge on any atom is -0.341 e. The molecule has 0 radical (unpaired) electrons. The van der Waals surface area contributed by atoms with Crippen LogP contribution in [0.1, 0.15) is 29.9 Å². The highest BCUT2D eigenvalue weighted by Crippen LogP contribution is 2.14. The average Bonchev–Trinajstić information content (AvgIpc) is 3.10. The number of nitrogens with one attached hydrogen (secondary N) is 1. The molecule has 2 heterocycles. The fraction of sp³-hybridized carbons (Fsp3) is 0.474. The first-order valence-corrected chi connectivity index (χ1v) is 8.66. The SMILES string of the molecule is Cc1ncc(CNC2CC(=O)N(CCCc3ccccc3)C2)n1C. The van der Waals surface area contributed by atoms with Gasteiger partial charge in [0.25, 0.3) is 0 Å². The van der Waals surface area contributed by atoms with Crippen molar-refractivity contribution in [1.29, 1.82) is 0 Å². The van der Waals surface area contributed by atoms with Gasteiger partial charge in [-0.1, -0.05) is 30.3 Å². The molecule has 1 fully saturated rings. The quantitative estimate of drug-likeness (QED) is 0.847. The summed E-state index contributed by atoms with van der Waals surface area (Å²) in [4.78, 5) is 18.5. The smallest absolute Gasteiger partial charge is 0.224 e. The highest BCUT2D eigenvalue weighted by atomic mass is 16.2. The summed E-state index contributed by atoms with van der Waals surface area (Å²) < 4.78 is 2.08. The molecule has 24 heavy (non-hydrogen) atoms. The lowest BCUT2D eigenvalue weighted by molar-refractivity contribution is -0.127. The van der Waals surface area contributed by atoms with Gasteiger partial charge in [0, 0.05) is 45.3 Å². The molecule has 5 heteroatoms. The summed E-state index contributed by atoms with van der Waals surface area (Å²) >= 11 is 0. The van der Waals surface area contributed by atoms with Crippen molar-refractivity contribution in [3.8, 4) is 0 Å². The standard InChI is InChI=1S/C19H26N4O/c1-15-20-12-18(22(15)2)13-21-17-11-19(24)23(14-17)10-6-9-16-7-4-3-5-8-16/h3-5,7-8,12,17,21H,6,9-11,13-14H2,1-2H3. The van der Waals surface area contributed by atoms with Crippen molar-refractivity contribution in [2.75, 3.05) is 13.1 Å². The number of rotatable bonds is 7. The minimum absolute atomic E-state index is 0.240. The maximum Gasteiger partial charge on any atom is 0.224 e. The van der Waals surface area contributed by atoms with Crippen molar-refractivity contribution in [1.82, 2.24) is 19.8 Å². The Labute approximate surface area is 143 Å². The average molecular weight is 326 g/mol. The predicted molar refractivity (Wildman–Crippen MR) is 94.5 cm³/mol. The third-order valence-corrected chi connectivity index (χ3v) is 4.84. The van der Waals surface area contributed by atoms with Crippen LogP contribution in [0.25, 0.3) is 0 Å². The summed E-state index contributed by atoms with van der Waals surface area (Å²) in [5.74, 6) is 1.28. The fourth-order valence-corrected chi connectivity index (χ4v) is 3.21. The number of hydrogen-bond donors (Lipinski definition) is 1. The van der Waals surface area contributed by atoms with E-state index in [0.29, 0.717) is 6.42 Å². The number of amides is 1. The van der Waals surface area contributed by atoms with Crippen LogP contribution >= 0.6 is 0 Å². The molecule has 1 atom stereocenters. The van der Waals surface area contributed by atoms with Gasteiger partial charge < -0.3 is 14.8 Å². The number of carbonyl (C=O) groups is 1. The Balaban J connectivity index is 1.43. The first kappa shape index (κ1) is 16.7. The van der Waals surface area contributed by atoms with Crippen LogP contribution in [0.4, 0.5) is 0 Å². The van der Waals surface area contributed by atoms with Gasteiger partial charge in [-0.2, -0.15) is 0 Å². The van der Waals surface area contributed by atoms with Gasteiger partial charge in [-0.3, -0.25) is 4.79 Å². The van der Waals surface area contributed by atoms with Crippen molar-refractivity contribution < 1.29 is 4.79 Å². The van der Waals surface area contributed by atoms with Gasteiger partial charge in [0.1, 0.15) is 5.82 Å². The molecule has 0 bridgehead atoms. The molecule has 2 aromatic rings. The maximum absolute atomic E-state index is 12.2. The highest BCUT2D eigenvalue weighted by Gasteiger charge is 2.28. The second-order valence-electron chi connectivity index (χ2n) is 6.57. The van der Waals surface area contributed by atoms with Gasteiger partial charge in [-0.25, -0.2) is 4.98 Å². The Hall–Kier alpha value is -2.14. The molecule has 0 aliphatic carbocycles. The van der Waals surface area contributed by atoms with E-state index in [0.717, 1.165) is 44.0 Å². The topological polar surface area (TPSA) is 50.2 Å². The van der Waals surface area contributed by atoms with Crippen LogP contribution in [-0.4, -0.2) is 39.5 Å². The third-order valence-electron chi connectivity index (χ3n) is 4.84. The highest BCUT2D eigenvalue weighted by molar-refractivity contribution is 5.79. The predicted octanol–water partition coefficient (Wildman–Crippen LogP) is 2.05. The number of aromatic nitrogens is 2. The van der Waals surface area contributed by atoms with Crippen LogP contribution in [0, 0.1) is 6.92 Å². The second-order valence-corrected chi connectivity index (χ2v) is 6.57. The van der Waals surface area contributed by atoms with E-state index in [1.165, 1.54) is 5.56 Å². The first-order chi connectivity index (χ1) is 11.6. The fourth-order valence-electron chi connectivity index (χ4n) is 3.21. The summed E-state index contributed by atoms with van der Waals surface area (Å²) in [5, 5.41) is 3.50. The van der Waals surface area contributed by atoms with Crippen molar-refractivity contribution in [2.24, 2.45) is 7.05 Å². The van der Waals surface area contributed by atoms with Crippen LogP contribution < -0.4 is 5.32 Å². The molecule has 5 nitrogen and oxygen atoms in total. The van der Waals surface area contributed by atoms with E-state index in [-0.39, 0.29) is 11.9 Å². The Bertz CT molecular complexity index is 680. The van der Waals surface area contributed by atoms with Crippen LogP contribution in [0.15, 0.2) is 36.5 Å².